The monoisotopic (exact) mass is 454 g/mol. The van der Waals surface area contributed by atoms with Gasteiger partial charge in [0.1, 0.15) is 11.4 Å². The van der Waals surface area contributed by atoms with E-state index in [1.165, 1.54) is 0 Å². The summed E-state index contributed by atoms with van der Waals surface area (Å²) in [5.74, 6) is 0.201. The summed E-state index contributed by atoms with van der Waals surface area (Å²) in [5.41, 5.74) is 0.525. The van der Waals surface area contributed by atoms with Crippen LogP contribution in [0.25, 0.3) is 10.8 Å². The Morgan fingerprint density at radius 3 is 2.28 bits per heavy atom. The Labute approximate surface area is 192 Å². The van der Waals surface area contributed by atoms with Crippen LogP contribution in [-0.2, 0) is 4.74 Å². The molecule has 32 heavy (non-hydrogen) atoms. The lowest BCUT2D eigenvalue weighted by molar-refractivity contribution is 0.0525. The Kier molecular flexibility index (Phi) is 7.59. The van der Waals surface area contributed by atoms with E-state index in [0.717, 1.165) is 10.8 Å². The fourth-order valence-electron chi connectivity index (χ4n) is 3.01. The van der Waals surface area contributed by atoms with Crippen LogP contribution in [0.5, 0.6) is 5.75 Å². The highest BCUT2D eigenvalue weighted by atomic mass is 35.5. The molecule has 3 aromatic rings. The highest BCUT2D eigenvalue weighted by molar-refractivity contribution is 6.30. The lowest BCUT2D eigenvalue weighted by Gasteiger charge is -2.19. The minimum Gasteiger partial charge on any atom is -0.493 e. The number of carbonyl (C=O) groups is 2. The number of alkyl carbamates (subject to hydrolysis) is 1. The molecule has 168 valence electrons. The summed E-state index contributed by atoms with van der Waals surface area (Å²) >= 11 is 5.92. The van der Waals surface area contributed by atoms with Gasteiger partial charge in [0.15, 0.2) is 0 Å². The molecule has 0 aliphatic rings. The summed E-state index contributed by atoms with van der Waals surface area (Å²) in [5, 5.41) is 8.08. The summed E-state index contributed by atoms with van der Waals surface area (Å²) in [6.45, 7) is 6.16. The van der Waals surface area contributed by atoms with Crippen LogP contribution in [0, 0.1) is 0 Å². The minimum absolute atomic E-state index is 0.278. The predicted molar refractivity (Wildman–Crippen MR) is 128 cm³/mol. The van der Waals surface area contributed by atoms with Gasteiger partial charge in [0.2, 0.25) is 0 Å². The number of halogens is 1. The van der Waals surface area contributed by atoms with E-state index in [4.69, 9.17) is 21.1 Å². The van der Waals surface area contributed by atoms with E-state index in [1.807, 2.05) is 57.2 Å². The number of ether oxygens (including phenoxy) is 2. The number of carbonyl (C=O) groups excluding carboxylic acids is 2. The van der Waals surface area contributed by atoms with Gasteiger partial charge >= 0.3 is 6.09 Å². The van der Waals surface area contributed by atoms with Crippen LogP contribution in [0.15, 0.2) is 60.7 Å². The van der Waals surface area contributed by atoms with E-state index < -0.39 is 11.7 Å². The van der Waals surface area contributed by atoms with Gasteiger partial charge in [0, 0.05) is 17.3 Å². The molecule has 0 bridgehead atoms. The summed E-state index contributed by atoms with van der Waals surface area (Å²) in [7, 11) is 0. The molecule has 2 N–H and O–H groups in total. The Morgan fingerprint density at radius 1 is 0.969 bits per heavy atom. The third kappa shape index (κ3) is 6.89. The third-order valence-electron chi connectivity index (χ3n) is 4.44. The maximum atomic E-state index is 13.0. The molecular weight excluding hydrogens is 428 g/mol. The summed E-state index contributed by atoms with van der Waals surface area (Å²) < 4.78 is 11.1. The molecule has 3 rings (SSSR count). The number of rotatable bonds is 7. The number of hydrogen-bond donors (Lipinski definition) is 2. The van der Waals surface area contributed by atoms with Gasteiger partial charge in [0.25, 0.3) is 5.91 Å². The number of hydrogen-bond acceptors (Lipinski definition) is 4. The maximum Gasteiger partial charge on any atom is 0.407 e. The van der Waals surface area contributed by atoms with E-state index in [1.54, 1.807) is 24.3 Å². The molecule has 0 saturated carbocycles. The van der Waals surface area contributed by atoms with Crippen LogP contribution < -0.4 is 15.4 Å². The van der Waals surface area contributed by atoms with Crippen LogP contribution in [0.4, 0.5) is 10.5 Å². The molecule has 0 aromatic heterocycles. The molecule has 0 spiro atoms. The first-order chi connectivity index (χ1) is 15.2. The Morgan fingerprint density at radius 2 is 1.62 bits per heavy atom. The predicted octanol–water partition coefficient (Wildman–Crippen LogP) is 6.04. The van der Waals surface area contributed by atoms with Crippen molar-refractivity contribution in [1.29, 1.82) is 0 Å². The SMILES string of the molecule is CC(C)(C)OC(=O)NCCCOc1cc2ccccc2cc1C(=O)Nc1ccc(Cl)cc1. The van der Waals surface area contributed by atoms with Crippen molar-refractivity contribution in [3.05, 3.63) is 71.2 Å². The fraction of sp³-hybridized carbons (Fsp3) is 0.280. The van der Waals surface area contributed by atoms with Crippen molar-refractivity contribution >= 4 is 40.1 Å². The average molecular weight is 455 g/mol. The van der Waals surface area contributed by atoms with Crippen molar-refractivity contribution in [3.63, 3.8) is 0 Å². The third-order valence-corrected chi connectivity index (χ3v) is 4.69. The average Bonchev–Trinajstić information content (AvgIpc) is 2.73. The van der Waals surface area contributed by atoms with E-state index in [-0.39, 0.29) is 5.91 Å². The van der Waals surface area contributed by atoms with Crippen molar-refractivity contribution in [1.82, 2.24) is 5.32 Å². The Bertz CT molecular complexity index is 1090. The van der Waals surface area contributed by atoms with E-state index >= 15 is 0 Å². The maximum absolute atomic E-state index is 13.0. The summed E-state index contributed by atoms with van der Waals surface area (Å²) in [6.07, 6.45) is 0.0934. The first kappa shape index (κ1) is 23.4. The van der Waals surface area contributed by atoms with Gasteiger partial charge in [-0.3, -0.25) is 4.79 Å². The number of nitrogens with one attached hydrogen (secondary N) is 2. The molecule has 0 unspecified atom stereocenters. The van der Waals surface area contributed by atoms with Gasteiger partial charge in [0.05, 0.1) is 12.2 Å². The van der Waals surface area contributed by atoms with Gasteiger partial charge < -0.3 is 20.1 Å². The topological polar surface area (TPSA) is 76.7 Å². The Hall–Kier alpha value is -3.25. The molecule has 0 radical (unpaired) electrons. The fourth-order valence-corrected chi connectivity index (χ4v) is 3.13. The lowest BCUT2D eigenvalue weighted by atomic mass is 10.1. The molecule has 0 fully saturated rings. The van der Waals surface area contributed by atoms with Gasteiger partial charge in [-0.15, -0.1) is 0 Å². The van der Waals surface area contributed by atoms with Crippen LogP contribution in [0.3, 0.4) is 0 Å². The zero-order chi connectivity index (χ0) is 23.1. The largest absolute Gasteiger partial charge is 0.493 e. The van der Waals surface area contributed by atoms with Crippen molar-refractivity contribution in [2.75, 3.05) is 18.5 Å². The lowest BCUT2D eigenvalue weighted by Crippen LogP contribution is -2.33. The molecule has 6 nitrogen and oxygen atoms in total. The van der Waals surface area contributed by atoms with Crippen LogP contribution in [0.1, 0.15) is 37.6 Å². The van der Waals surface area contributed by atoms with Gasteiger partial charge in [-0.25, -0.2) is 4.79 Å². The van der Waals surface area contributed by atoms with E-state index in [2.05, 4.69) is 10.6 Å². The molecule has 3 aromatic carbocycles. The van der Waals surface area contributed by atoms with Crippen molar-refractivity contribution < 1.29 is 19.1 Å². The van der Waals surface area contributed by atoms with E-state index in [9.17, 15) is 9.59 Å². The van der Waals surface area contributed by atoms with Crippen LogP contribution >= 0.6 is 11.6 Å². The normalized spacial score (nSPS) is 11.1. The van der Waals surface area contributed by atoms with Gasteiger partial charge in [-0.1, -0.05) is 35.9 Å². The number of anilines is 1. The van der Waals surface area contributed by atoms with Crippen molar-refractivity contribution in [2.45, 2.75) is 32.8 Å². The summed E-state index contributed by atoms with van der Waals surface area (Å²) in [6, 6.07) is 18.3. The second kappa shape index (κ2) is 10.4. The van der Waals surface area contributed by atoms with Gasteiger partial charge in [-0.05, 0) is 74.4 Å². The van der Waals surface area contributed by atoms with Crippen LogP contribution in [-0.4, -0.2) is 30.8 Å². The minimum atomic E-state index is -0.544. The quantitative estimate of drug-likeness (QED) is 0.427. The second-order valence-corrected chi connectivity index (χ2v) is 8.72. The summed E-state index contributed by atoms with van der Waals surface area (Å²) in [4.78, 5) is 24.7. The first-order valence-electron chi connectivity index (χ1n) is 10.4. The second-order valence-electron chi connectivity index (χ2n) is 8.29. The zero-order valence-electron chi connectivity index (χ0n) is 18.4. The smallest absolute Gasteiger partial charge is 0.407 e. The molecule has 0 saturated heterocycles. The molecule has 0 atom stereocenters. The zero-order valence-corrected chi connectivity index (χ0v) is 19.2. The van der Waals surface area contributed by atoms with Crippen LogP contribution in [0.2, 0.25) is 5.02 Å². The standard InChI is InChI=1S/C25H27ClN2O4/c1-25(2,3)32-24(30)27-13-6-14-31-22-16-18-8-5-4-7-17(18)15-21(22)23(29)28-20-11-9-19(26)10-12-20/h4-5,7-12,15-16H,6,13-14H2,1-3H3,(H,27,30)(H,28,29). The Balaban J connectivity index is 1.67. The number of amides is 2. The van der Waals surface area contributed by atoms with Gasteiger partial charge in [-0.2, -0.15) is 0 Å². The molecule has 0 aliphatic carbocycles. The molecule has 7 heteroatoms. The molecule has 0 aliphatic heterocycles. The number of benzene rings is 3. The molecule has 0 heterocycles. The van der Waals surface area contributed by atoms with E-state index in [0.29, 0.717) is 41.6 Å². The van der Waals surface area contributed by atoms with Crippen molar-refractivity contribution in [3.8, 4) is 5.75 Å². The first-order valence-corrected chi connectivity index (χ1v) is 10.8. The number of fused-ring (bicyclic) bond motifs is 1. The molecular formula is C25H27ClN2O4. The highest BCUT2D eigenvalue weighted by Crippen LogP contribution is 2.27. The highest BCUT2D eigenvalue weighted by Gasteiger charge is 2.16. The molecule has 2 amide bonds. The van der Waals surface area contributed by atoms with Crippen molar-refractivity contribution in [2.24, 2.45) is 0 Å².